The van der Waals surface area contributed by atoms with E-state index in [1.54, 1.807) is 19.1 Å². The van der Waals surface area contributed by atoms with Crippen LogP contribution in [0.15, 0.2) is 52.3 Å². The van der Waals surface area contributed by atoms with Crippen molar-refractivity contribution < 1.29 is 23.5 Å². The average Bonchev–Trinajstić information content (AvgIpc) is 3.46. The lowest BCUT2D eigenvalue weighted by Crippen LogP contribution is -2.16. The molecule has 0 aliphatic heterocycles. The number of amides is 1. The van der Waals surface area contributed by atoms with Gasteiger partial charge in [-0.2, -0.15) is 0 Å². The van der Waals surface area contributed by atoms with Gasteiger partial charge >= 0.3 is 5.97 Å². The summed E-state index contributed by atoms with van der Waals surface area (Å²) in [6, 6.07) is 12.9. The second-order valence-corrected chi connectivity index (χ2v) is 8.61. The Morgan fingerprint density at radius 2 is 1.88 bits per heavy atom. The first-order valence-electron chi connectivity index (χ1n) is 11.0. The zero-order valence-electron chi connectivity index (χ0n) is 18.1. The van der Waals surface area contributed by atoms with Crippen molar-refractivity contribution in [1.82, 2.24) is 0 Å². The molecule has 6 nitrogen and oxygen atoms in total. The van der Waals surface area contributed by atoms with Crippen molar-refractivity contribution in [3.63, 3.8) is 0 Å². The molecule has 1 fully saturated rings. The Morgan fingerprint density at radius 3 is 2.62 bits per heavy atom. The molecule has 4 rings (SSSR count). The highest BCUT2D eigenvalue weighted by Crippen LogP contribution is 2.36. The number of ether oxygens (including phenoxy) is 2. The Bertz CT molecular complexity index is 1050. The number of esters is 1. The van der Waals surface area contributed by atoms with Crippen molar-refractivity contribution in [1.29, 1.82) is 0 Å². The van der Waals surface area contributed by atoms with Gasteiger partial charge in [-0.15, -0.1) is 11.3 Å². The fraction of sp³-hybridized carbons (Fsp3) is 0.360. The van der Waals surface area contributed by atoms with Gasteiger partial charge < -0.3 is 19.2 Å². The Balaban J connectivity index is 1.47. The van der Waals surface area contributed by atoms with Crippen molar-refractivity contribution in [3.8, 4) is 11.1 Å². The summed E-state index contributed by atoms with van der Waals surface area (Å²) in [5.41, 5.74) is 1.96. The number of furan rings is 1. The van der Waals surface area contributed by atoms with Crippen molar-refractivity contribution in [2.45, 2.75) is 51.7 Å². The summed E-state index contributed by atoms with van der Waals surface area (Å²) >= 11 is 1.28. The van der Waals surface area contributed by atoms with Gasteiger partial charge in [0.15, 0.2) is 5.76 Å². The monoisotopic (exact) mass is 453 g/mol. The van der Waals surface area contributed by atoms with Gasteiger partial charge in [0.05, 0.1) is 12.7 Å². The molecule has 0 unspecified atom stereocenters. The van der Waals surface area contributed by atoms with Gasteiger partial charge in [-0.25, -0.2) is 4.79 Å². The van der Waals surface area contributed by atoms with Crippen LogP contribution in [0.2, 0.25) is 0 Å². The van der Waals surface area contributed by atoms with Crippen LogP contribution in [0.5, 0.6) is 0 Å². The lowest BCUT2D eigenvalue weighted by molar-refractivity contribution is 0.00849. The molecule has 7 heteroatoms. The van der Waals surface area contributed by atoms with Gasteiger partial charge in [0.25, 0.3) is 5.91 Å². The smallest absolute Gasteiger partial charge is 0.341 e. The van der Waals surface area contributed by atoms with Crippen LogP contribution in [-0.4, -0.2) is 24.6 Å². The van der Waals surface area contributed by atoms with E-state index in [0.717, 1.165) is 24.0 Å². The fourth-order valence-corrected chi connectivity index (χ4v) is 4.81. The third-order valence-electron chi connectivity index (χ3n) is 5.48. The zero-order valence-corrected chi connectivity index (χ0v) is 18.9. The molecule has 0 saturated heterocycles. The largest absolute Gasteiger partial charge is 0.462 e. The van der Waals surface area contributed by atoms with Gasteiger partial charge in [-0.1, -0.05) is 49.6 Å². The van der Waals surface area contributed by atoms with E-state index in [1.165, 1.54) is 30.6 Å². The topological polar surface area (TPSA) is 77.8 Å². The Kier molecular flexibility index (Phi) is 7.39. The predicted octanol–water partition coefficient (Wildman–Crippen LogP) is 6.29. The molecule has 2 aromatic heterocycles. The van der Waals surface area contributed by atoms with Crippen LogP contribution in [-0.2, 0) is 16.1 Å². The van der Waals surface area contributed by atoms with Crippen LogP contribution in [0.3, 0.4) is 0 Å². The molecule has 168 valence electrons. The number of hydrogen-bond acceptors (Lipinski definition) is 6. The summed E-state index contributed by atoms with van der Waals surface area (Å²) in [4.78, 5) is 25.5. The Morgan fingerprint density at radius 1 is 1.09 bits per heavy atom. The maximum atomic E-state index is 12.8. The highest BCUT2D eigenvalue weighted by molar-refractivity contribution is 7.15. The predicted molar refractivity (Wildman–Crippen MR) is 124 cm³/mol. The first kappa shape index (κ1) is 22.3. The first-order chi connectivity index (χ1) is 15.7. The molecular weight excluding hydrogens is 426 g/mol. The summed E-state index contributed by atoms with van der Waals surface area (Å²) in [6.45, 7) is 2.35. The maximum absolute atomic E-state index is 12.8. The molecule has 32 heavy (non-hydrogen) atoms. The van der Waals surface area contributed by atoms with E-state index >= 15 is 0 Å². The Hall–Kier alpha value is -2.90. The van der Waals surface area contributed by atoms with Crippen molar-refractivity contribution in [3.05, 3.63) is 64.9 Å². The molecule has 1 N–H and O–H groups in total. The van der Waals surface area contributed by atoms with Crippen molar-refractivity contribution in [2.75, 3.05) is 11.9 Å². The van der Waals surface area contributed by atoms with E-state index in [2.05, 4.69) is 5.32 Å². The second-order valence-electron chi connectivity index (χ2n) is 7.73. The lowest BCUT2D eigenvalue weighted by Gasteiger charge is -2.21. The number of nitrogens with one attached hydrogen (secondary N) is 1. The van der Waals surface area contributed by atoms with Crippen LogP contribution in [0, 0.1) is 0 Å². The molecule has 0 radical (unpaired) electrons. The molecule has 0 atom stereocenters. The fourth-order valence-electron chi connectivity index (χ4n) is 3.86. The number of thiophene rings is 1. The third kappa shape index (κ3) is 5.29. The molecule has 1 saturated carbocycles. The average molecular weight is 454 g/mol. The molecular formula is C25H27NO5S. The number of carbonyl (C=O) groups excluding carboxylic acids is 2. The van der Waals surface area contributed by atoms with E-state index in [1.807, 2.05) is 35.7 Å². The van der Waals surface area contributed by atoms with Gasteiger partial charge in [-0.05, 0) is 37.5 Å². The maximum Gasteiger partial charge on any atom is 0.341 e. The zero-order chi connectivity index (χ0) is 22.3. The lowest BCUT2D eigenvalue weighted by atomic mass is 9.98. The van der Waals surface area contributed by atoms with Gasteiger partial charge in [0, 0.05) is 10.9 Å². The first-order valence-corrected chi connectivity index (χ1v) is 11.9. The standard InChI is InChI=1S/C25H27NO5S/c1-2-29-25(28)22-20(17-9-5-3-6-10-17)16-32-24(22)26-23(27)21-14-13-19(31-21)15-30-18-11-7-4-8-12-18/h3,5-6,9-10,13-14,16,18H,2,4,7-8,11-12,15H2,1H3,(H,26,27). The minimum atomic E-state index is -0.469. The van der Waals surface area contributed by atoms with Gasteiger partial charge in [-0.3, -0.25) is 4.79 Å². The number of carbonyl (C=O) groups is 2. The summed E-state index contributed by atoms with van der Waals surface area (Å²) in [6.07, 6.45) is 6.09. The van der Waals surface area contributed by atoms with E-state index in [9.17, 15) is 9.59 Å². The van der Waals surface area contributed by atoms with E-state index < -0.39 is 11.9 Å². The quantitative estimate of drug-likeness (QED) is 0.406. The van der Waals surface area contributed by atoms with Crippen molar-refractivity contribution >= 4 is 28.2 Å². The molecule has 1 amide bonds. The summed E-state index contributed by atoms with van der Waals surface area (Å²) in [5.74, 6) is -0.0935. The minimum Gasteiger partial charge on any atom is -0.462 e. The van der Waals surface area contributed by atoms with Crippen LogP contribution in [0.1, 0.15) is 65.7 Å². The molecule has 1 aliphatic carbocycles. The van der Waals surface area contributed by atoms with E-state index in [-0.39, 0.29) is 18.5 Å². The summed E-state index contributed by atoms with van der Waals surface area (Å²) < 4.78 is 16.9. The van der Waals surface area contributed by atoms with Crippen LogP contribution in [0.25, 0.3) is 11.1 Å². The molecule has 2 heterocycles. The highest BCUT2D eigenvalue weighted by Gasteiger charge is 2.24. The summed E-state index contributed by atoms with van der Waals surface area (Å²) in [7, 11) is 0. The molecule has 3 aromatic rings. The van der Waals surface area contributed by atoms with Crippen LogP contribution in [0.4, 0.5) is 5.00 Å². The third-order valence-corrected chi connectivity index (χ3v) is 6.38. The van der Waals surface area contributed by atoms with Crippen LogP contribution >= 0.6 is 11.3 Å². The molecule has 0 bridgehead atoms. The van der Waals surface area contributed by atoms with E-state index in [4.69, 9.17) is 13.9 Å². The van der Waals surface area contributed by atoms with Crippen LogP contribution < -0.4 is 5.32 Å². The summed E-state index contributed by atoms with van der Waals surface area (Å²) in [5, 5.41) is 5.10. The SMILES string of the molecule is CCOC(=O)c1c(-c2ccccc2)csc1NC(=O)c1ccc(COC2CCCCC2)o1. The minimum absolute atomic E-state index is 0.178. The molecule has 0 spiro atoms. The number of rotatable bonds is 8. The Labute approximate surface area is 191 Å². The highest BCUT2D eigenvalue weighted by atomic mass is 32.1. The molecule has 1 aliphatic rings. The van der Waals surface area contributed by atoms with E-state index in [0.29, 0.717) is 22.9 Å². The van der Waals surface area contributed by atoms with Crippen molar-refractivity contribution in [2.24, 2.45) is 0 Å². The molecule has 1 aromatic carbocycles. The van der Waals surface area contributed by atoms with Gasteiger partial charge in [0.2, 0.25) is 0 Å². The second kappa shape index (κ2) is 10.6. The number of benzene rings is 1. The number of hydrogen-bond donors (Lipinski definition) is 1. The van der Waals surface area contributed by atoms with Gasteiger partial charge in [0.1, 0.15) is 22.9 Å². The normalized spacial score (nSPS) is 14.3. The number of anilines is 1.